The standard InChI is InChI=1S/C9H11.C4H10O.Li/c1-7-4-8(2)6-9(3)5-7;1-3-5-4-2;/h4-5H,1-3H3;3-4H2,1-2H3;. The van der Waals surface area contributed by atoms with E-state index in [-0.39, 0.29) is 0 Å². The van der Waals surface area contributed by atoms with Gasteiger partial charge < -0.3 is 4.74 Å². The summed E-state index contributed by atoms with van der Waals surface area (Å²) in [5.41, 5.74) is 4.16. The van der Waals surface area contributed by atoms with Gasteiger partial charge in [0.25, 0.3) is 0 Å². The number of benzene rings is 1. The van der Waals surface area contributed by atoms with Crippen molar-refractivity contribution in [1.82, 2.24) is 0 Å². The van der Waals surface area contributed by atoms with Crippen molar-refractivity contribution < 1.29 is 4.74 Å². The van der Waals surface area contributed by atoms with Gasteiger partial charge in [-0.3, -0.25) is 0 Å². The summed E-state index contributed by atoms with van der Waals surface area (Å²) in [6.45, 7) is 12.1. The molecule has 0 spiro atoms. The Bertz CT molecular complexity index is 270. The van der Waals surface area contributed by atoms with Crippen LogP contribution in [-0.2, 0) is 4.74 Å². The normalized spacial score (nSPS) is 9.53. The van der Waals surface area contributed by atoms with Crippen molar-refractivity contribution in [2.75, 3.05) is 13.2 Å². The molecule has 0 N–H and O–H groups in total. The molecule has 1 rings (SSSR count). The molecule has 0 amide bonds. The molecule has 0 aliphatic rings. The van der Waals surface area contributed by atoms with Gasteiger partial charge in [0.15, 0.2) is 0 Å². The van der Waals surface area contributed by atoms with Crippen LogP contribution in [-0.4, -0.2) is 30.9 Å². The van der Waals surface area contributed by atoms with Gasteiger partial charge in [-0.2, -0.15) is 0 Å². The van der Waals surface area contributed by atoms with Crippen LogP contribution in [0.2, 0.25) is 0 Å². The summed E-state index contributed by atoms with van der Waals surface area (Å²) < 4.78 is 6.26. The van der Waals surface area contributed by atoms with Crippen LogP contribution < -0.4 is 4.24 Å². The molecule has 0 aliphatic carbocycles. The Morgan fingerprint density at radius 1 is 1.00 bits per heavy atom. The first-order chi connectivity index (χ1) is 7.02. The van der Waals surface area contributed by atoms with E-state index in [1.54, 1.807) is 0 Å². The Kier molecular flexibility index (Phi) is 7.87. The van der Waals surface area contributed by atoms with E-state index in [9.17, 15) is 0 Å². The predicted octanol–water partition coefficient (Wildman–Crippen LogP) is 2.45. The van der Waals surface area contributed by atoms with Crippen molar-refractivity contribution in [3.63, 3.8) is 0 Å². The second kappa shape index (κ2) is 7.99. The third kappa shape index (κ3) is 6.05. The summed E-state index contributed by atoms with van der Waals surface area (Å²) in [5, 5.41) is 0. The first kappa shape index (κ1) is 14.8. The number of hydrogen-bond donors (Lipinski definition) is 0. The molecule has 0 radical (unpaired) electrons. The van der Waals surface area contributed by atoms with Crippen LogP contribution >= 0.6 is 0 Å². The molecule has 0 saturated heterocycles. The van der Waals surface area contributed by atoms with Gasteiger partial charge in [-0.05, 0) is 13.8 Å². The zero-order chi connectivity index (χ0) is 11.8. The van der Waals surface area contributed by atoms with Crippen LogP contribution in [0.3, 0.4) is 0 Å². The van der Waals surface area contributed by atoms with Crippen molar-refractivity contribution in [3.8, 4) is 0 Å². The summed E-state index contributed by atoms with van der Waals surface area (Å²) in [7, 11) is 0. The predicted molar refractivity (Wildman–Crippen MR) is 68.2 cm³/mol. The Morgan fingerprint density at radius 3 is 1.67 bits per heavy atom. The summed E-state index contributed by atoms with van der Waals surface area (Å²) >= 11 is 2.17. The Labute approximate surface area is 103 Å². The van der Waals surface area contributed by atoms with E-state index in [0.717, 1.165) is 13.2 Å². The first-order valence-electron chi connectivity index (χ1n) is 5.65. The number of rotatable bonds is 2. The average Bonchev–Trinajstić information content (AvgIpc) is 2.16. The van der Waals surface area contributed by atoms with Crippen LogP contribution in [0.25, 0.3) is 0 Å². The van der Waals surface area contributed by atoms with Crippen LogP contribution in [0.1, 0.15) is 30.5 Å². The molecular formula is C13H21LiO. The van der Waals surface area contributed by atoms with Crippen molar-refractivity contribution in [3.05, 3.63) is 28.8 Å². The third-order valence-electron chi connectivity index (χ3n) is 2.48. The molecule has 80 valence electrons. The monoisotopic (exact) mass is 200 g/mol. The number of ether oxygens (including phenoxy) is 1. The molecule has 0 unspecified atom stereocenters. The molecule has 1 aromatic rings. The quantitative estimate of drug-likeness (QED) is 0.666. The minimum absolute atomic E-state index is 0.844. The van der Waals surface area contributed by atoms with E-state index in [2.05, 4.69) is 50.6 Å². The minimum atomic E-state index is 0.844. The van der Waals surface area contributed by atoms with Crippen LogP contribution in [0.4, 0.5) is 0 Å². The van der Waals surface area contributed by atoms with Gasteiger partial charge in [-0.15, -0.1) is 0 Å². The summed E-state index contributed by atoms with van der Waals surface area (Å²) in [5.74, 6) is 0. The zero-order valence-corrected chi connectivity index (χ0v) is 11.0. The molecular weight excluding hydrogens is 179 g/mol. The molecule has 2 heteroatoms. The van der Waals surface area contributed by atoms with Crippen molar-refractivity contribution in [2.24, 2.45) is 0 Å². The molecule has 0 aromatic heterocycles. The van der Waals surface area contributed by atoms with Crippen LogP contribution in [0.15, 0.2) is 12.1 Å². The van der Waals surface area contributed by atoms with Gasteiger partial charge >= 0.3 is 71.5 Å². The van der Waals surface area contributed by atoms with E-state index < -0.39 is 0 Å². The van der Waals surface area contributed by atoms with E-state index >= 15 is 0 Å². The SMILES string of the molecule is CCOCC.[Li][c]1c(C)cc(C)cc1C. The zero-order valence-electron chi connectivity index (χ0n) is 11.0. The maximum absolute atomic E-state index is 4.83. The fourth-order valence-corrected chi connectivity index (χ4v) is 1.46. The molecule has 1 nitrogen and oxygen atoms in total. The molecule has 1 aromatic carbocycles. The van der Waals surface area contributed by atoms with Crippen LogP contribution in [0, 0.1) is 20.8 Å². The summed E-state index contributed by atoms with van der Waals surface area (Å²) in [6, 6.07) is 4.45. The molecule has 0 fully saturated rings. The molecule has 15 heavy (non-hydrogen) atoms. The van der Waals surface area contributed by atoms with E-state index in [1.165, 1.54) is 20.9 Å². The van der Waals surface area contributed by atoms with Gasteiger partial charge in [0.05, 0.1) is 0 Å². The van der Waals surface area contributed by atoms with Crippen molar-refractivity contribution >= 4 is 22.0 Å². The van der Waals surface area contributed by atoms with Gasteiger partial charge in [0.2, 0.25) is 0 Å². The second-order valence-electron chi connectivity index (χ2n) is 3.81. The van der Waals surface area contributed by atoms with E-state index in [4.69, 9.17) is 4.74 Å². The van der Waals surface area contributed by atoms with Crippen molar-refractivity contribution in [1.29, 1.82) is 0 Å². The van der Waals surface area contributed by atoms with Crippen LogP contribution in [0.5, 0.6) is 0 Å². The number of aryl methyl sites for hydroxylation is 3. The molecule has 0 bridgehead atoms. The maximum atomic E-state index is 4.83. The fraction of sp³-hybridized carbons (Fsp3) is 0.538. The second-order valence-corrected chi connectivity index (χ2v) is 3.81. The average molecular weight is 200 g/mol. The van der Waals surface area contributed by atoms with E-state index in [1.807, 2.05) is 13.8 Å². The molecule has 0 saturated carbocycles. The summed E-state index contributed by atoms with van der Waals surface area (Å²) in [6.07, 6.45) is 0. The fourth-order valence-electron chi connectivity index (χ4n) is 1.46. The Hall–Kier alpha value is -0.223. The van der Waals surface area contributed by atoms with Gasteiger partial charge in [0.1, 0.15) is 0 Å². The number of hydrogen-bond acceptors (Lipinski definition) is 1. The third-order valence-corrected chi connectivity index (χ3v) is 2.48. The summed E-state index contributed by atoms with van der Waals surface area (Å²) in [4.78, 5) is 0. The van der Waals surface area contributed by atoms with E-state index in [0.29, 0.717) is 0 Å². The van der Waals surface area contributed by atoms with Gasteiger partial charge in [-0.1, -0.05) is 0 Å². The van der Waals surface area contributed by atoms with Crippen molar-refractivity contribution in [2.45, 2.75) is 34.6 Å². The molecule has 0 aliphatic heterocycles. The Morgan fingerprint density at radius 2 is 1.40 bits per heavy atom. The molecule has 0 heterocycles. The van der Waals surface area contributed by atoms with Gasteiger partial charge in [-0.25, -0.2) is 0 Å². The topological polar surface area (TPSA) is 9.23 Å². The molecule has 0 atom stereocenters. The van der Waals surface area contributed by atoms with Gasteiger partial charge in [0, 0.05) is 13.2 Å². The Balaban J connectivity index is 0.000000336. The first-order valence-corrected chi connectivity index (χ1v) is 5.65.